The Morgan fingerprint density at radius 2 is 1.86 bits per heavy atom. The van der Waals surface area contributed by atoms with Gasteiger partial charge in [-0.3, -0.25) is 4.57 Å². The van der Waals surface area contributed by atoms with Crippen LogP contribution in [0.4, 0.5) is 0 Å². The van der Waals surface area contributed by atoms with Crippen molar-refractivity contribution in [1.82, 2.24) is 14.9 Å². The number of para-hydroxylation sites is 1. The van der Waals surface area contributed by atoms with Crippen molar-refractivity contribution in [3.8, 4) is 5.69 Å². The first-order valence-electron chi connectivity index (χ1n) is 7.69. The summed E-state index contributed by atoms with van der Waals surface area (Å²) in [5.74, 6) is 1.66. The van der Waals surface area contributed by atoms with E-state index in [2.05, 4.69) is 66.8 Å². The number of aromatic nitrogens is 2. The Morgan fingerprint density at radius 1 is 1.19 bits per heavy atom. The number of hydrogen-bond acceptors (Lipinski definition) is 2. The van der Waals surface area contributed by atoms with Crippen molar-refractivity contribution in [3.63, 3.8) is 0 Å². The lowest BCUT2D eigenvalue weighted by molar-refractivity contribution is 0.252. The van der Waals surface area contributed by atoms with Crippen molar-refractivity contribution in [2.75, 3.05) is 6.54 Å². The second-order valence-corrected chi connectivity index (χ2v) is 6.87. The minimum atomic E-state index is 0.336. The standard InChI is InChI=1S/C18H27N3/c1-14(18(3,4)5)11-19-12-17-13-20-15(2)21(17)16-9-7-6-8-10-16/h6-10,13-14,19H,11-12H2,1-5H3. The summed E-state index contributed by atoms with van der Waals surface area (Å²) in [6, 6.07) is 10.4. The third-order valence-electron chi connectivity index (χ3n) is 4.26. The van der Waals surface area contributed by atoms with Crippen molar-refractivity contribution in [3.05, 3.63) is 48.0 Å². The first-order valence-corrected chi connectivity index (χ1v) is 7.69. The zero-order valence-corrected chi connectivity index (χ0v) is 13.9. The van der Waals surface area contributed by atoms with Gasteiger partial charge in [0.1, 0.15) is 5.82 Å². The van der Waals surface area contributed by atoms with E-state index in [1.807, 2.05) is 19.2 Å². The molecule has 1 N–H and O–H groups in total. The Kier molecular flexibility index (Phi) is 4.84. The van der Waals surface area contributed by atoms with Crippen LogP contribution in [0.1, 0.15) is 39.2 Å². The molecule has 0 bridgehead atoms. The summed E-state index contributed by atoms with van der Waals surface area (Å²) in [5, 5.41) is 3.57. The van der Waals surface area contributed by atoms with Crippen LogP contribution >= 0.6 is 0 Å². The Hall–Kier alpha value is -1.61. The monoisotopic (exact) mass is 285 g/mol. The summed E-state index contributed by atoms with van der Waals surface area (Å²) in [7, 11) is 0. The molecule has 0 aliphatic rings. The number of nitrogens with one attached hydrogen (secondary N) is 1. The summed E-state index contributed by atoms with van der Waals surface area (Å²) >= 11 is 0. The second kappa shape index (κ2) is 6.44. The highest BCUT2D eigenvalue weighted by Gasteiger charge is 2.19. The molecule has 114 valence electrons. The maximum atomic E-state index is 4.46. The van der Waals surface area contributed by atoms with Gasteiger partial charge >= 0.3 is 0 Å². The molecule has 3 heteroatoms. The number of aryl methyl sites for hydroxylation is 1. The summed E-state index contributed by atoms with van der Waals surface area (Å²) in [6.07, 6.45) is 1.97. The fourth-order valence-corrected chi connectivity index (χ4v) is 2.27. The first kappa shape index (κ1) is 15.8. The van der Waals surface area contributed by atoms with Gasteiger partial charge in [0.05, 0.1) is 11.9 Å². The number of rotatable bonds is 5. The number of hydrogen-bond donors (Lipinski definition) is 1. The molecule has 21 heavy (non-hydrogen) atoms. The number of imidazole rings is 1. The SMILES string of the molecule is Cc1ncc(CNCC(C)C(C)(C)C)n1-c1ccccc1. The molecule has 1 unspecified atom stereocenters. The zero-order valence-electron chi connectivity index (χ0n) is 13.9. The van der Waals surface area contributed by atoms with Gasteiger partial charge in [-0.15, -0.1) is 0 Å². The molecule has 0 amide bonds. The average molecular weight is 285 g/mol. The molecule has 0 radical (unpaired) electrons. The van der Waals surface area contributed by atoms with Crippen molar-refractivity contribution in [1.29, 1.82) is 0 Å². The molecule has 0 aliphatic carbocycles. The van der Waals surface area contributed by atoms with Gasteiger partial charge in [-0.05, 0) is 36.9 Å². The minimum absolute atomic E-state index is 0.336. The van der Waals surface area contributed by atoms with E-state index >= 15 is 0 Å². The van der Waals surface area contributed by atoms with Crippen LogP contribution in [0.5, 0.6) is 0 Å². The molecular formula is C18H27N3. The largest absolute Gasteiger partial charge is 0.311 e. The fraction of sp³-hybridized carbons (Fsp3) is 0.500. The van der Waals surface area contributed by atoms with Gasteiger partial charge in [0, 0.05) is 12.2 Å². The van der Waals surface area contributed by atoms with E-state index in [1.165, 1.54) is 11.4 Å². The molecule has 0 saturated carbocycles. The number of nitrogens with zero attached hydrogens (tertiary/aromatic N) is 2. The van der Waals surface area contributed by atoms with Crippen LogP contribution in [0.3, 0.4) is 0 Å². The highest BCUT2D eigenvalue weighted by molar-refractivity contribution is 5.35. The Morgan fingerprint density at radius 3 is 2.48 bits per heavy atom. The second-order valence-electron chi connectivity index (χ2n) is 6.87. The third-order valence-corrected chi connectivity index (χ3v) is 4.26. The van der Waals surface area contributed by atoms with Crippen LogP contribution in [-0.4, -0.2) is 16.1 Å². The van der Waals surface area contributed by atoms with Gasteiger partial charge in [-0.1, -0.05) is 45.9 Å². The van der Waals surface area contributed by atoms with Crippen LogP contribution in [0.15, 0.2) is 36.5 Å². The van der Waals surface area contributed by atoms with Crippen molar-refractivity contribution in [2.24, 2.45) is 11.3 Å². The van der Waals surface area contributed by atoms with Gasteiger partial charge in [-0.25, -0.2) is 4.98 Å². The highest BCUT2D eigenvalue weighted by Crippen LogP contribution is 2.24. The molecule has 2 aromatic rings. The predicted molar refractivity (Wildman–Crippen MR) is 88.6 cm³/mol. The van der Waals surface area contributed by atoms with Crippen LogP contribution < -0.4 is 5.32 Å². The van der Waals surface area contributed by atoms with Gasteiger partial charge in [0.25, 0.3) is 0 Å². The normalized spacial score (nSPS) is 13.4. The van der Waals surface area contributed by atoms with E-state index in [1.54, 1.807) is 0 Å². The Balaban J connectivity index is 2.06. The predicted octanol–water partition coefficient (Wildman–Crippen LogP) is 3.95. The molecule has 0 fully saturated rings. The van der Waals surface area contributed by atoms with Crippen molar-refractivity contribution < 1.29 is 0 Å². The molecule has 0 spiro atoms. The lowest BCUT2D eigenvalue weighted by atomic mass is 9.82. The van der Waals surface area contributed by atoms with Crippen LogP contribution in [-0.2, 0) is 6.54 Å². The van der Waals surface area contributed by atoms with Gasteiger partial charge in [-0.2, -0.15) is 0 Å². The maximum absolute atomic E-state index is 4.46. The van der Waals surface area contributed by atoms with E-state index in [0.717, 1.165) is 18.9 Å². The quantitative estimate of drug-likeness (QED) is 0.901. The van der Waals surface area contributed by atoms with Crippen LogP contribution in [0.2, 0.25) is 0 Å². The Bertz CT molecular complexity index is 564. The average Bonchev–Trinajstić information content (AvgIpc) is 2.80. The molecule has 1 atom stereocenters. The Labute approximate surface area is 128 Å². The van der Waals surface area contributed by atoms with Crippen molar-refractivity contribution in [2.45, 2.75) is 41.2 Å². The molecule has 1 aromatic carbocycles. The van der Waals surface area contributed by atoms with Gasteiger partial charge in [0.2, 0.25) is 0 Å². The molecule has 1 heterocycles. The molecule has 0 saturated heterocycles. The first-order chi connectivity index (χ1) is 9.89. The molecule has 3 nitrogen and oxygen atoms in total. The highest BCUT2D eigenvalue weighted by atomic mass is 15.1. The summed E-state index contributed by atoms with van der Waals surface area (Å²) in [4.78, 5) is 4.46. The lowest BCUT2D eigenvalue weighted by Gasteiger charge is -2.27. The third kappa shape index (κ3) is 3.94. The maximum Gasteiger partial charge on any atom is 0.110 e. The van der Waals surface area contributed by atoms with E-state index in [4.69, 9.17) is 0 Å². The van der Waals surface area contributed by atoms with Gasteiger partial charge in [0.15, 0.2) is 0 Å². The van der Waals surface area contributed by atoms with E-state index in [0.29, 0.717) is 11.3 Å². The topological polar surface area (TPSA) is 29.9 Å². The molecule has 1 aromatic heterocycles. The summed E-state index contributed by atoms with van der Waals surface area (Å²) < 4.78 is 2.22. The summed E-state index contributed by atoms with van der Waals surface area (Å²) in [6.45, 7) is 13.1. The lowest BCUT2D eigenvalue weighted by Crippen LogP contribution is -2.29. The molecular weight excluding hydrogens is 258 g/mol. The van der Waals surface area contributed by atoms with E-state index in [-0.39, 0.29) is 0 Å². The molecule has 0 aliphatic heterocycles. The minimum Gasteiger partial charge on any atom is -0.311 e. The van der Waals surface area contributed by atoms with E-state index in [9.17, 15) is 0 Å². The van der Waals surface area contributed by atoms with Crippen LogP contribution in [0.25, 0.3) is 5.69 Å². The van der Waals surface area contributed by atoms with E-state index < -0.39 is 0 Å². The zero-order chi connectivity index (χ0) is 15.5. The molecule has 2 rings (SSSR count). The summed E-state index contributed by atoms with van der Waals surface area (Å²) in [5.41, 5.74) is 2.72. The smallest absolute Gasteiger partial charge is 0.110 e. The number of benzene rings is 1. The van der Waals surface area contributed by atoms with Crippen LogP contribution in [0, 0.1) is 18.3 Å². The van der Waals surface area contributed by atoms with Gasteiger partial charge < -0.3 is 5.32 Å². The fourth-order valence-electron chi connectivity index (χ4n) is 2.27. The van der Waals surface area contributed by atoms with Crippen molar-refractivity contribution >= 4 is 0 Å².